The first-order valence-corrected chi connectivity index (χ1v) is 5.53. The minimum absolute atomic E-state index is 0.0109. The van der Waals surface area contributed by atoms with E-state index in [-0.39, 0.29) is 17.5 Å². The highest BCUT2D eigenvalue weighted by Gasteiger charge is 2.23. The molecule has 0 saturated carbocycles. The number of ketones is 1. The summed E-state index contributed by atoms with van der Waals surface area (Å²) in [4.78, 5) is 15.5. The predicted octanol–water partition coefficient (Wildman–Crippen LogP) is 0.904. The quantitative estimate of drug-likeness (QED) is 0.629. The predicted molar refractivity (Wildman–Crippen MR) is 69.1 cm³/mol. The van der Waals surface area contributed by atoms with Crippen LogP contribution >= 0.6 is 0 Å². The summed E-state index contributed by atoms with van der Waals surface area (Å²) in [6, 6.07) is 0.0770. The van der Waals surface area contributed by atoms with Gasteiger partial charge in [0.05, 0.1) is 6.04 Å². The number of carbonyl (C=O) groups is 1. The Morgan fingerprint density at radius 3 is 2.88 bits per heavy atom. The standard InChI is InChI=1S/C12H18N4O/c1-8(17)12(15)10-7-9(3-4-11(10)14)16-6-2-5-13/h2,5-6,9,15H,3-4,7,13-14H2,1H3. The van der Waals surface area contributed by atoms with E-state index in [2.05, 4.69) is 4.99 Å². The lowest BCUT2D eigenvalue weighted by Crippen LogP contribution is -2.25. The molecule has 0 aromatic heterocycles. The number of rotatable bonds is 4. The van der Waals surface area contributed by atoms with Gasteiger partial charge in [-0.25, -0.2) is 0 Å². The topological polar surface area (TPSA) is 105 Å². The van der Waals surface area contributed by atoms with E-state index in [1.807, 2.05) is 0 Å². The fourth-order valence-corrected chi connectivity index (χ4v) is 1.77. The Morgan fingerprint density at radius 2 is 2.29 bits per heavy atom. The first-order chi connectivity index (χ1) is 8.06. The number of aliphatic imine (C=N–C) groups is 1. The molecule has 1 aliphatic carbocycles. The van der Waals surface area contributed by atoms with E-state index in [0.29, 0.717) is 24.1 Å². The molecular formula is C12H18N4O. The SMILES string of the molecule is CC(=O)C(=N)C1=C(N)CCC(N=CC=CN)C1. The van der Waals surface area contributed by atoms with Gasteiger partial charge in [-0.3, -0.25) is 15.2 Å². The summed E-state index contributed by atoms with van der Waals surface area (Å²) in [5.74, 6) is -0.255. The number of nitrogens with one attached hydrogen (secondary N) is 1. The lowest BCUT2D eigenvalue weighted by Gasteiger charge is -2.22. The lowest BCUT2D eigenvalue weighted by atomic mass is 9.88. The van der Waals surface area contributed by atoms with Gasteiger partial charge in [-0.1, -0.05) is 0 Å². The number of nitrogens with zero attached hydrogens (tertiary/aromatic N) is 1. The average Bonchev–Trinajstić information content (AvgIpc) is 2.30. The van der Waals surface area contributed by atoms with Crippen molar-refractivity contribution in [3.63, 3.8) is 0 Å². The third-order valence-electron chi connectivity index (χ3n) is 2.72. The fraction of sp³-hybridized carbons (Fsp3) is 0.417. The Hall–Kier alpha value is -1.91. The number of nitrogens with two attached hydrogens (primary N) is 2. The van der Waals surface area contributed by atoms with E-state index in [1.165, 1.54) is 13.1 Å². The molecule has 0 amide bonds. The van der Waals surface area contributed by atoms with Crippen LogP contribution in [-0.2, 0) is 4.79 Å². The maximum absolute atomic E-state index is 11.2. The molecule has 0 aromatic rings. The van der Waals surface area contributed by atoms with Crippen molar-refractivity contribution in [3.05, 3.63) is 23.5 Å². The molecule has 0 radical (unpaired) electrons. The maximum atomic E-state index is 11.2. The Morgan fingerprint density at radius 1 is 1.59 bits per heavy atom. The van der Waals surface area contributed by atoms with Crippen molar-refractivity contribution >= 4 is 17.7 Å². The molecule has 17 heavy (non-hydrogen) atoms. The molecule has 1 rings (SSSR count). The minimum Gasteiger partial charge on any atom is -0.405 e. The second kappa shape index (κ2) is 5.98. The summed E-state index contributed by atoms with van der Waals surface area (Å²) in [5, 5.41) is 7.70. The van der Waals surface area contributed by atoms with E-state index in [9.17, 15) is 4.79 Å². The normalized spacial score (nSPS) is 21.4. The van der Waals surface area contributed by atoms with Crippen LogP contribution in [0.25, 0.3) is 0 Å². The number of carbonyl (C=O) groups excluding carboxylic acids is 1. The van der Waals surface area contributed by atoms with Crippen LogP contribution in [0.1, 0.15) is 26.2 Å². The van der Waals surface area contributed by atoms with Gasteiger partial charge in [0.25, 0.3) is 0 Å². The zero-order valence-electron chi connectivity index (χ0n) is 9.94. The van der Waals surface area contributed by atoms with E-state index in [1.54, 1.807) is 12.3 Å². The van der Waals surface area contributed by atoms with Gasteiger partial charge >= 0.3 is 0 Å². The number of allylic oxidation sites excluding steroid dienone is 2. The summed E-state index contributed by atoms with van der Waals surface area (Å²) in [6.07, 6.45) is 6.78. The molecule has 5 heteroatoms. The molecule has 0 heterocycles. The molecular weight excluding hydrogens is 216 g/mol. The van der Waals surface area contributed by atoms with E-state index >= 15 is 0 Å². The van der Waals surface area contributed by atoms with Crippen molar-refractivity contribution in [2.24, 2.45) is 16.5 Å². The van der Waals surface area contributed by atoms with Gasteiger partial charge in [0.1, 0.15) is 5.71 Å². The van der Waals surface area contributed by atoms with Crippen molar-refractivity contribution < 1.29 is 4.79 Å². The molecule has 0 aromatic carbocycles. The lowest BCUT2D eigenvalue weighted by molar-refractivity contribution is -0.111. The molecule has 1 aliphatic rings. The summed E-state index contributed by atoms with van der Waals surface area (Å²) >= 11 is 0. The highest BCUT2D eigenvalue weighted by atomic mass is 16.1. The fourth-order valence-electron chi connectivity index (χ4n) is 1.77. The van der Waals surface area contributed by atoms with Crippen LogP contribution in [0.4, 0.5) is 0 Å². The van der Waals surface area contributed by atoms with Crippen LogP contribution < -0.4 is 11.5 Å². The number of hydrogen-bond acceptors (Lipinski definition) is 5. The van der Waals surface area contributed by atoms with Crippen LogP contribution in [-0.4, -0.2) is 23.8 Å². The second-order valence-corrected chi connectivity index (χ2v) is 4.01. The molecule has 0 aliphatic heterocycles. The zero-order chi connectivity index (χ0) is 12.8. The van der Waals surface area contributed by atoms with Crippen LogP contribution in [0.3, 0.4) is 0 Å². The monoisotopic (exact) mass is 234 g/mol. The highest BCUT2D eigenvalue weighted by Crippen LogP contribution is 2.25. The van der Waals surface area contributed by atoms with Crippen LogP contribution in [0.15, 0.2) is 28.5 Å². The van der Waals surface area contributed by atoms with E-state index in [0.717, 1.165) is 6.42 Å². The van der Waals surface area contributed by atoms with Crippen LogP contribution in [0.5, 0.6) is 0 Å². The Kier molecular flexibility index (Phi) is 4.63. The first kappa shape index (κ1) is 13.2. The van der Waals surface area contributed by atoms with E-state index in [4.69, 9.17) is 16.9 Å². The van der Waals surface area contributed by atoms with Crippen molar-refractivity contribution in [2.75, 3.05) is 0 Å². The van der Waals surface area contributed by atoms with Crippen molar-refractivity contribution in [1.29, 1.82) is 5.41 Å². The van der Waals surface area contributed by atoms with Crippen molar-refractivity contribution in [3.8, 4) is 0 Å². The summed E-state index contributed by atoms with van der Waals surface area (Å²) in [5.41, 5.74) is 12.3. The second-order valence-electron chi connectivity index (χ2n) is 4.01. The van der Waals surface area contributed by atoms with Gasteiger partial charge in [-0.05, 0) is 31.5 Å². The van der Waals surface area contributed by atoms with E-state index < -0.39 is 0 Å². The number of hydrogen-bond donors (Lipinski definition) is 3. The molecule has 0 bridgehead atoms. The average molecular weight is 234 g/mol. The first-order valence-electron chi connectivity index (χ1n) is 5.53. The van der Waals surface area contributed by atoms with Gasteiger partial charge in [0.2, 0.25) is 0 Å². The molecule has 5 N–H and O–H groups in total. The molecule has 0 fully saturated rings. The smallest absolute Gasteiger partial charge is 0.177 e. The Labute approximate surface area is 101 Å². The van der Waals surface area contributed by atoms with Crippen LogP contribution in [0, 0.1) is 5.41 Å². The van der Waals surface area contributed by atoms with Crippen molar-refractivity contribution in [2.45, 2.75) is 32.2 Å². The highest BCUT2D eigenvalue weighted by molar-refractivity contribution is 6.44. The van der Waals surface area contributed by atoms with Gasteiger partial charge in [-0.2, -0.15) is 0 Å². The molecule has 0 saturated heterocycles. The zero-order valence-corrected chi connectivity index (χ0v) is 9.94. The third kappa shape index (κ3) is 3.55. The molecule has 1 atom stereocenters. The maximum Gasteiger partial charge on any atom is 0.177 e. The molecule has 5 nitrogen and oxygen atoms in total. The summed E-state index contributed by atoms with van der Waals surface area (Å²) in [7, 11) is 0. The largest absolute Gasteiger partial charge is 0.405 e. The Bertz CT molecular complexity index is 407. The van der Waals surface area contributed by atoms with Crippen LogP contribution in [0.2, 0.25) is 0 Å². The molecule has 1 unspecified atom stereocenters. The van der Waals surface area contributed by atoms with Crippen molar-refractivity contribution in [1.82, 2.24) is 0 Å². The van der Waals surface area contributed by atoms with Gasteiger partial charge in [0, 0.05) is 24.4 Å². The molecule has 0 spiro atoms. The Balaban J connectivity index is 2.77. The number of Topliss-reactive ketones (excluding diaryl/α,β-unsaturated/α-hetero) is 1. The summed E-state index contributed by atoms with van der Waals surface area (Å²) < 4.78 is 0. The van der Waals surface area contributed by atoms with Gasteiger partial charge in [-0.15, -0.1) is 0 Å². The molecule has 92 valence electrons. The van der Waals surface area contributed by atoms with Gasteiger partial charge < -0.3 is 11.5 Å². The third-order valence-corrected chi connectivity index (χ3v) is 2.72. The summed E-state index contributed by atoms with van der Waals surface area (Å²) in [6.45, 7) is 1.38. The minimum atomic E-state index is -0.255. The van der Waals surface area contributed by atoms with Gasteiger partial charge in [0.15, 0.2) is 5.78 Å².